The van der Waals surface area contributed by atoms with E-state index in [1.54, 1.807) is 4.68 Å². The fraction of sp³-hybridized carbons (Fsp3) is 0.522. The van der Waals surface area contributed by atoms with Gasteiger partial charge in [0.15, 0.2) is 0 Å². The molecule has 2 fully saturated rings. The molecule has 1 aliphatic carbocycles. The van der Waals surface area contributed by atoms with Crippen LogP contribution in [0.5, 0.6) is 0 Å². The molecule has 1 aliphatic heterocycles. The van der Waals surface area contributed by atoms with Gasteiger partial charge in [0.05, 0.1) is 16.7 Å². The number of nitrogens with zero attached hydrogens (tertiary/aromatic N) is 3. The number of hydrogen-bond donors (Lipinski definition) is 1. The molecular formula is C23H29N3O3. The van der Waals surface area contributed by atoms with E-state index in [0.29, 0.717) is 37.4 Å². The normalized spacial score (nSPS) is 19.8. The lowest BCUT2D eigenvalue weighted by Gasteiger charge is -2.39. The molecule has 29 heavy (non-hydrogen) atoms. The minimum atomic E-state index is -0.917. The number of carbonyl (C=O) groups is 2. The Morgan fingerprint density at radius 3 is 2.34 bits per heavy atom. The van der Waals surface area contributed by atoms with E-state index in [1.807, 2.05) is 48.5 Å². The van der Waals surface area contributed by atoms with Gasteiger partial charge >= 0.3 is 5.97 Å². The zero-order chi connectivity index (χ0) is 20.4. The monoisotopic (exact) mass is 395 g/mol. The van der Waals surface area contributed by atoms with E-state index in [0.717, 1.165) is 24.1 Å². The van der Waals surface area contributed by atoms with Crippen LogP contribution in [0, 0.1) is 0 Å². The van der Waals surface area contributed by atoms with E-state index in [-0.39, 0.29) is 5.91 Å². The van der Waals surface area contributed by atoms with Crippen molar-refractivity contribution in [2.45, 2.75) is 56.3 Å². The summed E-state index contributed by atoms with van der Waals surface area (Å²) >= 11 is 0. The highest BCUT2D eigenvalue weighted by Gasteiger charge is 2.44. The quantitative estimate of drug-likeness (QED) is 0.856. The molecule has 1 aromatic heterocycles. The highest BCUT2D eigenvalue weighted by atomic mass is 16.4. The Morgan fingerprint density at radius 2 is 1.72 bits per heavy atom. The lowest BCUT2D eigenvalue weighted by molar-refractivity contribution is -0.145. The molecule has 2 aliphatic rings. The largest absolute Gasteiger partial charge is 0.481 e. The van der Waals surface area contributed by atoms with Crippen LogP contribution < -0.4 is 0 Å². The second-order valence-corrected chi connectivity index (χ2v) is 8.48. The van der Waals surface area contributed by atoms with Gasteiger partial charge in [-0.25, -0.2) is 0 Å². The zero-order valence-electron chi connectivity index (χ0n) is 17.0. The molecule has 154 valence electrons. The van der Waals surface area contributed by atoms with Crippen LogP contribution in [0.15, 0.2) is 36.5 Å². The van der Waals surface area contributed by atoms with Crippen molar-refractivity contribution in [3.63, 3.8) is 0 Å². The molecule has 6 nitrogen and oxygen atoms in total. The van der Waals surface area contributed by atoms with Crippen LogP contribution in [0.3, 0.4) is 0 Å². The van der Waals surface area contributed by atoms with Crippen LogP contribution >= 0.6 is 0 Å². The molecule has 4 rings (SSSR count). The summed E-state index contributed by atoms with van der Waals surface area (Å²) in [4.78, 5) is 27.3. The summed E-state index contributed by atoms with van der Waals surface area (Å²) < 4.78 is 1.74. The summed E-state index contributed by atoms with van der Waals surface area (Å²) in [5.74, 6) is -0.457. The van der Waals surface area contributed by atoms with Gasteiger partial charge in [0.2, 0.25) is 0 Å². The van der Waals surface area contributed by atoms with Gasteiger partial charge in [-0.3, -0.25) is 14.3 Å². The lowest BCUT2D eigenvalue weighted by Crippen LogP contribution is -2.49. The summed E-state index contributed by atoms with van der Waals surface area (Å²) in [5.41, 5.74) is 1.53. The molecule has 0 radical (unpaired) electrons. The first-order valence-corrected chi connectivity index (χ1v) is 10.6. The predicted molar refractivity (Wildman–Crippen MR) is 110 cm³/mol. The van der Waals surface area contributed by atoms with Crippen molar-refractivity contribution in [2.75, 3.05) is 13.1 Å². The third-order valence-electron chi connectivity index (χ3n) is 6.72. The predicted octanol–water partition coefficient (Wildman–Crippen LogP) is 3.73. The summed E-state index contributed by atoms with van der Waals surface area (Å²) in [7, 11) is 1.87. The van der Waals surface area contributed by atoms with Gasteiger partial charge in [0.25, 0.3) is 5.91 Å². The number of carboxylic acid groups (broad SMARTS) is 1. The summed E-state index contributed by atoms with van der Waals surface area (Å²) in [6, 6.07) is 9.42. The van der Waals surface area contributed by atoms with E-state index in [1.165, 1.54) is 19.3 Å². The molecule has 1 saturated heterocycles. The molecule has 1 aromatic carbocycles. The smallest absolute Gasteiger partial charge is 0.314 e. The van der Waals surface area contributed by atoms with E-state index in [4.69, 9.17) is 0 Å². The van der Waals surface area contributed by atoms with E-state index >= 15 is 0 Å². The maximum atomic E-state index is 13.3. The molecule has 1 N–H and O–H groups in total. The maximum Gasteiger partial charge on any atom is 0.314 e. The van der Waals surface area contributed by atoms with Crippen LogP contribution in [-0.2, 0) is 17.3 Å². The zero-order valence-corrected chi connectivity index (χ0v) is 17.0. The first-order chi connectivity index (χ1) is 14.0. The van der Waals surface area contributed by atoms with E-state index in [2.05, 4.69) is 5.10 Å². The van der Waals surface area contributed by atoms with Gasteiger partial charge in [-0.1, -0.05) is 49.6 Å². The molecule has 0 spiro atoms. The average Bonchev–Trinajstić information content (AvgIpc) is 3.16. The van der Waals surface area contributed by atoms with Crippen molar-refractivity contribution < 1.29 is 14.7 Å². The molecule has 0 unspecified atom stereocenters. The van der Waals surface area contributed by atoms with Gasteiger partial charge in [-0.15, -0.1) is 0 Å². The fourth-order valence-electron chi connectivity index (χ4n) is 4.99. The summed E-state index contributed by atoms with van der Waals surface area (Å²) in [5, 5.41) is 14.6. The SMILES string of the molecule is Cn1cc(C(=O)N2CCC(C(=O)O)(c3ccccc3)CC2)c(C2CCCCC2)n1. The summed E-state index contributed by atoms with van der Waals surface area (Å²) in [6.45, 7) is 0.887. The number of benzene rings is 1. The number of likely N-dealkylation sites (tertiary alicyclic amines) is 1. The Morgan fingerprint density at radius 1 is 1.07 bits per heavy atom. The van der Waals surface area contributed by atoms with Crippen molar-refractivity contribution in [3.8, 4) is 0 Å². The van der Waals surface area contributed by atoms with Gasteiger partial charge < -0.3 is 10.0 Å². The number of carboxylic acids is 1. The van der Waals surface area contributed by atoms with Crippen molar-refractivity contribution in [3.05, 3.63) is 53.3 Å². The first-order valence-electron chi connectivity index (χ1n) is 10.6. The topological polar surface area (TPSA) is 75.4 Å². The number of rotatable bonds is 4. The summed E-state index contributed by atoms with van der Waals surface area (Å²) in [6.07, 6.45) is 8.51. The number of aromatic nitrogens is 2. The Labute approximate surface area is 171 Å². The number of hydrogen-bond acceptors (Lipinski definition) is 3. The van der Waals surface area contributed by atoms with Crippen LogP contribution in [0.25, 0.3) is 0 Å². The van der Waals surface area contributed by atoms with Crippen molar-refractivity contribution in [1.82, 2.24) is 14.7 Å². The maximum absolute atomic E-state index is 13.3. The third-order valence-corrected chi connectivity index (χ3v) is 6.72. The molecule has 6 heteroatoms. The van der Waals surface area contributed by atoms with Crippen molar-refractivity contribution >= 4 is 11.9 Å². The molecular weight excluding hydrogens is 366 g/mol. The average molecular weight is 396 g/mol. The molecule has 1 amide bonds. The van der Waals surface area contributed by atoms with E-state index < -0.39 is 11.4 Å². The molecule has 0 atom stereocenters. The number of carbonyl (C=O) groups excluding carboxylic acids is 1. The molecule has 2 aromatic rings. The fourth-order valence-corrected chi connectivity index (χ4v) is 4.99. The Bertz CT molecular complexity index is 876. The Kier molecular flexibility index (Phi) is 5.43. The number of aryl methyl sites for hydroxylation is 1. The Balaban J connectivity index is 1.53. The third kappa shape index (κ3) is 3.68. The van der Waals surface area contributed by atoms with Gasteiger partial charge in [0.1, 0.15) is 0 Å². The Hall–Kier alpha value is -2.63. The molecule has 2 heterocycles. The van der Waals surface area contributed by atoms with Crippen LogP contribution in [0.4, 0.5) is 0 Å². The van der Waals surface area contributed by atoms with Gasteiger partial charge in [-0.2, -0.15) is 5.10 Å². The lowest BCUT2D eigenvalue weighted by atomic mass is 9.72. The van der Waals surface area contributed by atoms with Crippen molar-refractivity contribution in [2.24, 2.45) is 7.05 Å². The highest BCUT2D eigenvalue weighted by molar-refractivity contribution is 5.95. The number of piperidine rings is 1. The second kappa shape index (κ2) is 8.01. The molecule has 0 bridgehead atoms. The first kappa shape index (κ1) is 19.7. The molecule has 1 saturated carbocycles. The minimum absolute atomic E-state index is 0.00859. The standard InChI is InChI=1S/C23H29N3O3/c1-25-16-19(20(24-25)17-8-4-2-5-9-17)21(27)26-14-12-23(13-15-26,22(28)29)18-10-6-3-7-11-18/h3,6-7,10-11,16-17H,2,4-5,8-9,12-15H2,1H3,(H,28,29). The minimum Gasteiger partial charge on any atom is -0.481 e. The van der Waals surface area contributed by atoms with Gasteiger partial charge in [0, 0.05) is 32.3 Å². The van der Waals surface area contributed by atoms with E-state index in [9.17, 15) is 14.7 Å². The second-order valence-electron chi connectivity index (χ2n) is 8.48. The van der Waals surface area contributed by atoms with Crippen LogP contribution in [-0.4, -0.2) is 44.8 Å². The number of amides is 1. The van der Waals surface area contributed by atoms with Gasteiger partial charge in [-0.05, 0) is 31.2 Å². The van der Waals surface area contributed by atoms with Crippen LogP contribution in [0.1, 0.15) is 72.5 Å². The van der Waals surface area contributed by atoms with Crippen LogP contribution in [0.2, 0.25) is 0 Å². The van der Waals surface area contributed by atoms with Crippen molar-refractivity contribution in [1.29, 1.82) is 0 Å². The number of aliphatic carboxylic acids is 1. The highest BCUT2D eigenvalue weighted by Crippen LogP contribution is 2.38.